The second-order valence-electron chi connectivity index (χ2n) is 4.66. The average molecular weight is 279 g/mol. The van der Waals surface area contributed by atoms with E-state index in [2.05, 4.69) is 0 Å². The molecule has 6 heteroatoms. The number of aldehydes is 1. The zero-order chi connectivity index (χ0) is 14.3. The topological polar surface area (TPSA) is 84.2 Å². The number of methoxy groups -OCH3 is 1. The van der Waals surface area contributed by atoms with Crippen molar-refractivity contribution in [2.45, 2.75) is 11.2 Å². The Balaban J connectivity index is 2.44. The molecule has 1 saturated carbocycles. The Bertz CT molecular complexity index is 644. The maximum atomic E-state index is 11.7. The highest BCUT2D eigenvalue weighted by atomic mass is 32.2. The Hall–Kier alpha value is -1.87. The Kier molecular flexibility index (Phi) is 3.11. The second kappa shape index (κ2) is 4.35. The Labute approximate surface area is 111 Å². The van der Waals surface area contributed by atoms with E-state index in [0.717, 1.165) is 6.26 Å². The summed E-state index contributed by atoms with van der Waals surface area (Å²) in [5.41, 5.74) is -0.799. The summed E-state index contributed by atoms with van der Waals surface area (Å²) in [6.07, 6.45) is 1.50. The number of carbonyl (C=O) groups is 1. The van der Waals surface area contributed by atoms with E-state index in [0.29, 0.717) is 17.6 Å². The number of nitriles is 1. The van der Waals surface area contributed by atoms with Crippen LogP contribution in [0.15, 0.2) is 24.3 Å². The van der Waals surface area contributed by atoms with Gasteiger partial charge in [0, 0.05) is 12.2 Å². The molecule has 0 aromatic heterocycles. The van der Waals surface area contributed by atoms with Crippen molar-refractivity contribution in [3.8, 4) is 11.8 Å². The van der Waals surface area contributed by atoms with E-state index in [1.807, 2.05) is 6.07 Å². The molecule has 100 valence electrons. The molecule has 5 nitrogen and oxygen atoms in total. The molecule has 19 heavy (non-hydrogen) atoms. The molecule has 1 aromatic carbocycles. The highest BCUT2D eigenvalue weighted by Crippen LogP contribution is 2.61. The Morgan fingerprint density at radius 2 is 1.95 bits per heavy atom. The summed E-state index contributed by atoms with van der Waals surface area (Å²) < 4.78 is 28.4. The lowest BCUT2D eigenvalue weighted by Gasteiger charge is -2.02. The lowest BCUT2D eigenvalue weighted by atomic mass is 10.0. The summed E-state index contributed by atoms with van der Waals surface area (Å²) in [6, 6.07) is 8.59. The summed E-state index contributed by atoms with van der Waals surface area (Å²) >= 11 is 0. The van der Waals surface area contributed by atoms with Crippen molar-refractivity contribution >= 4 is 16.1 Å². The summed E-state index contributed by atoms with van der Waals surface area (Å²) in [5, 5.41) is 8.19. The van der Waals surface area contributed by atoms with Crippen molar-refractivity contribution in [1.29, 1.82) is 5.26 Å². The van der Waals surface area contributed by atoms with E-state index in [4.69, 9.17) is 10.00 Å². The van der Waals surface area contributed by atoms with E-state index in [-0.39, 0.29) is 0 Å². The fraction of sp³-hybridized carbons (Fsp3) is 0.385. The highest BCUT2D eigenvalue weighted by Gasteiger charge is 2.71. The smallest absolute Gasteiger partial charge is 0.153 e. The SMILES string of the molecule is COc1ccc([C@H]2[C@H](S(C)(=O)=O)[C@]2(C#N)C=O)cc1. The standard InChI is InChI=1S/C13H13NO4S/c1-18-10-5-3-9(4-6-10)11-12(19(2,16)17)13(11,7-14)8-15/h3-6,8,11-12H,1-2H3/t11-,12-,13+/m0/s1. The third-order valence-corrected chi connectivity index (χ3v) is 5.09. The van der Waals surface area contributed by atoms with Crippen LogP contribution in [0, 0.1) is 16.7 Å². The van der Waals surface area contributed by atoms with Crippen LogP contribution in [0.3, 0.4) is 0 Å². The van der Waals surface area contributed by atoms with E-state index >= 15 is 0 Å². The van der Waals surface area contributed by atoms with Gasteiger partial charge in [-0.05, 0) is 17.7 Å². The molecule has 0 aliphatic heterocycles. The number of hydrogen-bond acceptors (Lipinski definition) is 5. The Morgan fingerprint density at radius 1 is 1.37 bits per heavy atom. The molecule has 3 atom stereocenters. The number of carbonyl (C=O) groups excluding carboxylic acids is 1. The normalized spacial score (nSPS) is 29.3. The lowest BCUT2D eigenvalue weighted by Crippen LogP contribution is -2.14. The molecule has 0 spiro atoms. The van der Waals surface area contributed by atoms with E-state index < -0.39 is 26.4 Å². The minimum Gasteiger partial charge on any atom is -0.497 e. The van der Waals surface area contributed by atoms with Crippen LogP contribution < -0.4 is 4.74 Å². The van der Waals surface area contributed by atoms with Gasteiger partial charge in [0.1, 0.15) is 17.5 Å². The molecule has 0 saturated heterocycles. The van der Waals surface area contributed by atoms with Gasteiger partial charge in [0.25, 0.3) is 0 Å². The van der Waals surface area contributed by atoms with Crippen LogP contribution in [0.2, 0.25) is 0 Å². The molecule has 0 bridgehead atoms. The van der Waals surface area contributed by atoms with Gasteiger partial charge < -0.3 is 9.53 Å². The second-order valence-corrected chi connectivity index (χ2v) is 6.83. The molecule has 0 unspecified atom stereocenters. The van der Waals surface area contributed by atoms with Crippen LogP contribution in [0.4, 0.5) is 0 Å². The van der Waals surface area contributed by atoms with Crippen molar-refractivity contribution in [1.82, 2.24) is 0 Å². The van der Waals surface area contributed by atoms with Crippen LogP contribution in [-0.4, -0.2) is 33.3 Å². The number of ether oxygens (including phenoxy) is 1. The van der Waals surface area contributed by atoms with Crippen molar-refractivity contribution in [3.63, 3.8) is 0 Å². The first kappa shape index (κ1) is 13.6. The zero-order valence-corrected chi connectivity index (χ0v) is 11.3. The largest absolute Gasteiger partial charge is 0.497 e. The Morgan fingerprint density at radius 3 is 2.26 bits per heavy atom. The van der Waals surface area contributed by atoms with Crippen LogP contribution in [-0.2, 0) is 14.6 Å². The molecule has 0 radical (unpaired) electrons. The molecular weight excluding hydrogens is 266 g/mol. The molecule has 0 N–H and O–H groups in total. The molecule has 0 heterocycles. The first-order valence-electron chi connectivity index (χ1n) is 5.61. The van der Waals surface area contributed by atoms with Gasteiger partial charge in [0.15, 0.2) is 9.84 Å². The van der Waals surface area contributed by atoms with Gasteiger partial charge in [-0.1, -0.05) is 12.1 Å². The summed E-state index contributed by atoms with van der Waals surface area (Å²) in [7, 11) is -1.94. The van der Waals surface area contributed by atoms with Gasteiger partial charge in [-0.25, -0.2) is 8.42 Å². The van der Waals surface area contributed by atoms with Crippen LogP contribution in [0.25, 0.3) is 0 Å². The average Bonchev–Trinajstić information content (AvgIpc) is 3.09. The fourth-order valence-electron chi connectivity index (χ4n) is 2.54. The minimum atomic E-state index is -3.46. The van der Waals surface area contributed by atoms with Gasteiger partial charge in [-0.2, -0.15) is 5.26 Å². The first-order chi connectivity index (χ1) is 8.90. The van der Waals surface area contributed by atoms with Gasteiger partial charge >= 0.3 is 0 Å². The number of sulfone groups is 1. The molecule has 1 aliphatic carbocycles. The molecule has 2 rings (SSSR count). The summed E-state index contributed by atoms with van der Waals surface area (Å²) in [4.78, 5) is 11.2. The molecular formula is C13H13NO4S. The molecule has 1 aliphatic rings. The number of hydrogen-bond donors (Lipinski definition) is 0. The number of benzene rings is 1. The maximum Gasteiger partial charge on any atom is 0.153 e. The molecule has 1 aromatic rings. The van der Waals surface area contributed by atoms with Gasteiger partial charge in [0.05, 0.1) is 18.4 Å². The lowest BCUT2D eigenvalue weighted by molar-refractivity contribution is -0.110. The van der Waals surface area contributed by atoms with Gasteiger partial charge in [-0.3, -0.25) is 0 Å². The van der Waals surface area contributed by atoms with Gasteiger partial charge in [0.2, 0.25) is 0 Å². The quantitative estimate of drug-likeness (QED) is 0.765. The maximum absolute atomic E-state index is 11.7. The number of rotatable bonds is 4. The molecule has 1 fully saturated rings. The third-order valence-electron chi connectivity index (χ3n) is 3.50. The fourth-order valence-corrected chi connectivity index (χ4v) is 4.30. The van der Waals surface area contributed by atoms with Crippen molar-refractivity contribution in [3.05, 3.63) is 29.8 Å². The van der Waals surface area contributed by atoms with E-state index in [1.54, 1.807) is 24.3 Å². The monoisotopic (exact) mass is 279 g/mol. The van der Waals surface area contributed by atoms with E-state index in [1.165, 1.54) is 7.11 Å². The third kappa shape index (κ3) is 2.00. The summed E-state index contributed by atoms with van der Waals surface area (Å²) in [5.74, 6) is 0.0323. The van der Waals surface area contributed by atoms with Crippen molar-refractivity contribution < 1.29 is 17.9 Å². The van der Waals surface area contributed by atoms with Crippen LogP contribution in [0.5, 0.6) is 5.75 Å². The minimum absolute atomic E-state index is 0.452. The van der Waals surface area contributed by atoms with Gasteiger partial charge in [-0.15, -0.1) is 0 Å². The number of nitrogens with zero attached hydrogens (tertiary/aromatic N) is 1. The van der Waals surface area contributed by atoms with Crippen LogP contribution >= 0.6 is 0 Å². The predicted molar refractivity (Wildman–Crippen MR) is 68.5 cm³/mol. The zero-order valence-electron chi connectivity index (χ0n) is 10.5. The first-order valence-corrected chi connectivity index (χ1v) is 7.56. The summed E-state index contributed by atoms with van der Waals surface area (Å²) in [6.45, 7) is 0. The van der Waals surface area contributed by atoms with Crippen LogP contribution in [0.1, 0.15) is 11.5 Å². The molecule has 0 amide bonds. The predicted octanol–water partition coefficient (Wildman–Crippen LogP) is 0.914. The van der Waals surface area contributed by atoms with Crippen molar-refractivity contribution in [2.24, 2.45) is 5.41 Å². The van der Waals surface area contributed by atoms with E-state index in [9.17, 15) is 13.2 Å². The highest BCUT2D eigenvalue weighted by molar-refractivity contribution is 7.91. The van der Waals surface area contributed by atoms with Crippen molar-refractivity contribution in [2.75, 3.05) is 13.4 Å².